The van der Waals surface area contributed by atoms with Gasteiger partial charge >= 0.3 is 0 Å². The van der Waals surface area contributed by atoms with Crippen molar-refractivity contribution in [1.29, 1.82) is 0 Å². The molecule has 100 valence electrons. The zero-order chi connectivity index (χ0) is 14.0. The molecule has 0 aromatic heterocycles. The van der Waals surface area contributed by atoms with Gasteiger partial charge in [0.1, 0.15) is 17.3 Å². The second kappa shape index (κ2) is 5.36. The standard InChI is InChI=1S/C15H16F2N2/c1-10-4-3-5-12(6-10)19(2)15-13(16)7-11(9-18)8-14(15)17/h3-8H,9,18H2,1-2H3. The summed E-state index contributed by atoms with van der Waals surface area (Å²) in [6.07, 6.45) is 0. The summed E-state index contributed by atoms with van der Waals surface area (Å²) in [5.41, 5.74) is 7.54. The van der Waals surface area contributed by atoms with Crippen molar-refractivity contribution in [2.45, 2.75) is 13.5 Å². The molecule has 2 N–H and O–H groups in total. The predicted octanol–water partition coefficient (Wildman–Crippen LogP) is 3.50. The molecule has 0 radical (unpaired) electrons. The summed E-state index contributed by atoms with van der Waals surface area (Å²) in [6, 6.07) is 10.0. The van der Waals surface area contributed by atoms with Crippen LogP contribution < -0.4 is 10.6 Å². The number of benzene rings is 2. The third-order valence-electron chi connectivity index (χ3n) is 3.04. The van der Waals surface area contributed by atoms with Crippen molar-refractivity contribution in [3.8, 4) is 0 Å². The van der Waals surface area contributed by atoms with Crippen LogP contribution in [0.15, 0.2) is 36.4 Å². The number of nitrogens with two attached hydrogens (primary N) is 1. The van der Waals surface area contributed by atoms with Crippen LogP contribution in [0.5, 0.6) is 0 Å². The van der Waals surface area contributed by atoms with E-state index in [1.54, 1.807) is 7.05 Å². The van der Waals surface area contributed by atoms with Crippen LogP contribution in [-0.4, -0.2) is 7.05 Å². The molecule has 0 aliphatic heterocycles. The Labute approximate surface area is 111 Å². The van der Waals surface area contributed by atoms with Gasteiger partial charge in [-0.05, 0) is 42.3 Å². The van der Waals surface area contributed by atoms with E-state index in [4.69, 9.17) is 5.73 Å². The average Bonchev–Trinajstić information content (AvgIpc) is 2.37. The Morgan fingerprint density at radius 2 is 1.74 bits per heavy atom. The highest BCUT2D eigenvalue weighted by molar-refractivity contribution is 5.64. The molecule has 0 aliphatic carbocycles. The van der Waals surface area contributed by atoms with E-state index in [9.17, 15) is 8.78 Å². The van der Waals surface area contributed by atoms with Crippen molar-refractivity contribution in [2.75, 3.05) is 11.9 Å². The molecule has 0 unspecified atom stereocenters. The molecule has 0 aliphatic rings. The lowest BCUT2D eigenvalue weighted by atomic mass is 10.1. The molecule has 2 aromatic carbocycles. The van der Waals surface area contributed by atoms with E-state index < -0.39 is 11.6 Å². The highest BCUT2D eigenvalue weighted by Gasteiger charge is 2.16. The Morgan fingerprint density at radius 3 is 2.26 bits per heavy atom. The Bertz CT molecular complexity index is 573. The molecule has 0 fully saturated rings. The maximum atomic E-state index is 14.0. The van der Waals surface area contributed by atoms with E-state index in [0.717, 1.165) is 11.3 Å². The van der Waals surface area contributed by atoms with E-state index >= 15 is 0 Å². The van der Waals surface area contributed by atoms with Crippen LogP contribution in [0.25, 0.3) is 0 Å². The Balaban J connectivity index is 2.47. The summed E-state index contributed by atoms with van der Waals surface area (Å²) in [7, 11) is 1.64. The molecule has 0 bridgehead atoms. The Kier molecular flexibility index (Phi) is 3.81. The summed E-state index contributed by atoms with van der Waals surface area (Å²) in [5, 5.41) is 0. The number of aryl methyl sites for hydroxylation is 1. The minimum atomic E-state index is -0.607. The minimum absolute atomic E-state index is 0.0669. The zero-order valence-electron chi connectivity index (χ0n) is 11.0. The van der Waals surface area contributed by atoms with Crippen molar-refractivity contribution in [1.82, 2.24) is 0 Å². The normalized spacial score (nSPS) is 10.6. The van der Waals surface area contributed by atoms with Gasteiger partial charge in [0, 0.05) is 19.3 Å². The predicted molar refractivity (Wildman–Crippen MR) is 73.5 cm³/mol. The molecule has 0 saturated carbocycles. The number of rotatable bonds is 3. The lowest BCUT2D eigenvalue weighted by Gasteiger charge is -2.21. The summed E-state index contributed by atoms with van der Waals surface area (Å²) in [6.45, 7) is 2.05. The van der Waals surface area contributed by atoms with Gasteiger partial charge in [-0.3, -0.25) is 0 Å². The van der Waals surface area contributed by atoms with E-state index in [-0.39, 0.29) is 12.2 Å². The Morgan fingerprint density at radius 1 is 1.11 bits per heavy atom. The summed E-state index contributed by atoms with van der Waals surface area (Å²) < 4.78 is 28.0. The van der Waals surface area contributed by atoms with E-state index in [2.05, 4.69) is 0 Å². The first-order valence-electron chi connectivity index (χ1n) is 6.01. The van der Waals surface area contributed by atoms with E-state index in [1.165, 1.54) is 17.0 Å². The van der Waals surface area contributed by atoms with Crippen molar-refractivity contribution >= 4 is 11.4 Å². The zero-order valence-corrected chi connectivity index (χ0v) is 11.0. The smallest absolute Gasteiger partial charge is 0.150 e. The molecule has 0 heterocycles. The SMILES string of the molecule is Cc1cccc(N(C)c2c(F)cc(CN)cc2F)c1. The molecule has 4 heteroatoms. The van der Waals surface area contributed by atoms with Crippen LogP contribution >= 0.6 is 0 Å². The monoisotopic (exact) mass is 262 g/mol. The number of anilines is 2. The van der Waals surface area contributed by atoms with Crippen LogP contribution in [0.4, 0.5) is 20.2 Å². The van der Waals surface area contributed by atoms with Crippen LogP contribution in [0.3, 0.4) is 0 Å². The summed E-state index contributed by atoms with van der Waals surface area (Å²) in [4.78, 5) is 1.50. The van der Waals surface area contributed by atoms with Crippen molar-refractivity contribution in [2.24, 2.45) is 5.73 Å². The molecular weight excluding hydrogens is 246 g/mol. The molecule has 0 saturated heterocycles. The fourth-order valence-corrected chi connectivity index (χ4v) is 2.02. The fourth-order valence-electron chi connectivity index (χ4n) is 2.02. The summed E-state index contributed by atoms with van der Waals surface area (Å²) >= 11 is 0. The number of hydrogen-bond acceptors (Lipinski definition) is 2. The molecule has 2 aromatic rings. The third kappa shape index (κ3) is 2.74. The second-order valence-corrected chi connectivity index (χ2v) is 4.51. The third-order valence-corrected chi connectivity index (χ3v) is 3.04. The quantitative estimate of drug-likeness (QED) is 0.917. The maximum absolute atomic E-state index is 14.0. The number of nitrogens with zero attached hydrogens (tertiary/aromatic N) is 1. The van der Waals surface area contributed by atoms with Gasteiger partial charge in [0.15, 0.2) is 0 Å². The first kappa shape index (κ1) is 13.5. The van der Waals surface area contributed by atoms with Gasteiger partial charge in [0.05, 0.1) is 0 Å². The molecule has 2 rings (SSSR count). The van der Waals surface area contributed by atoms with E-state index in [0.29, 0.717) is 5.56 Å². The number of halogens is 2. The number of hydrogen-bond donors (Lipinski definition) is 1. The lowest BCUT2D eigenvalue weighted by molar-refractivity contribution is 0.580. The molecule has 19 heavy (non-hydrogen) atoms. The van der Waals surface area contributed by atoms with Gasteiger partial charge in [-0.15, -0.1) is 0 Å². The van der Waals surface area contributed by atoms with Gasteiger partial charge in [-0.2, -0.15) is 0 Å². The molecule has 0 spiro atoms. The van der Waals surface area contributed by atoms with Gasteiger partial charge in [0.2, 0.25) is 0 Å². The van der Waals surface area contributed by atoms with Crippen LogP contribution in [-0.2, 0) is 6.54 Å². The van der Waals surface area contributed by atoms with Gasteiger partial charge < -0.3 is 10.6 Å². The van der Waals surface area contributed by atoms with Crippen LogP contribution in [0.2, 0.25) is 0 Å². The average molecular weight is 262 g/mol. The first-order chi connectivity index (χ1) is 9.02. The molecular formula is C15H16F2N2. The first-order valence-corrected chi connectivity index (χ1v) is 6.01. The molecule has 0 atom stereocenters. The maximum Gasteiger partial charge on any atom is 0.150 e. The highest BCUT2D eigenvalue weighted by atomic mass is 19.1. The largest absolute Gasteiger partial charge is 0.340 e. The van der Waals surface area contributed by atoms with Gasteiger partial charge in [-0.1, -0.05) is 12.1 Å². The van der Waals surface area contributed by atoms with Gasteiger partial charge in [-0.25, -0.2) is 8.78 Å². The fraction of sp³-hybridized carbons (Fsp3) is 0.200. The minimum Gasteiger partial charge on any atom is -0.340 e. The topological polar surface area (TPSA) is 29.3 Å². The van der Waals surface area contributed by atoms with Crippen molar-refractivity contribution < 1.29 is 8.78 Å². The van der Waals surface area contributed by atoms with Crippen molar-refractivity contribution in [3.63, 3.8) is 0 Å². The van der Waals surface area contributed by atoms with Crippen molar-refractivity contribution in [3.05, 3.63) is 59.2 Å². The Hall–Kier alpha value is -1.94. The van der Waals surface area contributed by atoms with Crippen LogP contribution in [0.1, 0.15) is 11.1 Å². The summed E-state index contributed by atoms with van der Waals surface area (Å²) in [5.74, 6) is -1.21. The van der Waals surface area contributed by atoms with Crippen LogP contribution in [0, 0.1) is 18.6 Å². The van der Waals surface area contributed by atoms with Gasteiger partial charge in [0.25, 0.3) is 0 Å². The highest BCUT2D eigenvalue weighted by Crippen LogP contribution is 2.30. The van der Waals surface area contributed by atoms with E-state index in [1.807, 2.05) is 31.2 Å². The molecule has 0 amide bonds. The lowest BCUT2D eigenvalue weighted by Crippen LogP contribution is -2.14. The second-order valence-electron chi connectivity index (χ2n) is 4.51. The molecule has 2 nitrogen and oxygen atoms in total.